The Morgan fingerprint density at radius 3 is 2.49 bits per heavy atom. The summed E-state index contributed by atoms with van der Waals surface area (Å²) in [6.07, 6.45) is 0.415. The van der Waals surface area contributed by atoms with E-state index < -0.39 is 35.6 Å². The van der Waals surface area contributed by atoms with Gasteiger partial charge in [0, 0.05) is 65.1 Å². The molecule has 1 aromatic heterocycles. The van der Waals surface area contributed by atoms with Crippen molar-refractivity contribution in [3.8, 4) is 0 Å². The van der Waals surface area contributed by atoms with E-state index in [4.69, 9.17) is 9.47 Å². The topological polar surface area (TPSA) is 117 Å². The van der Waals surface area contributed by atoms with Crippen molar-refractivity contribution in [2.75, 3.05) is 59.7 Å². The molecule has 2 aliphatic rings. The molecule has 2 atom stereocenters. The number of nitrogens with zero attached hydrogens (tertiary/aromatic N) is 5. The fraction of sp³-hybridized carbons (Fsp3) is 0.643. The van der Waals surface area contributed by atoms with Crippen LogP contribution in [0, 0.1) is 23.5 Å². The van der Waals surface area contributed by atoms with Crippen molar-refractivity contribution in [1.29, 1.82) is 0 Å². The molecule has 0 spiro atoms. The smallest absolute Gasteiger partial charge is 0.407 e. The molecule has 1 aromatic carbocycles. The Labute approximate surface area is 238 Å². The van der Waals surface area contributed by atoms with Gasteiger partial charge in [-0.25, -0.2) is 18.6 Å². The molecule has 13 heteroatoms. The molecular formula is C28H39F2N5O6. The Kier molecular flexibility index (Phi) is 10.1. The minimum Gasteiger partial charge on any atom is -0.465 e. The Morgan fingerprint density at radius 1 is 1.12 bits per heavy atom. The molecule has 2 aromatic rings. The summed E-state index contributed by atoms with van der Waals surface area (Å²) < 4.78 is 40.4. The SMILES string of the molecule is COCCCCn1c(C(=O)N(CC(C)C)[C@H]2C[C@@H](C(=O)N3CCOCC3)CN(C(=O)O)C2)nc2cc(F)c(F)cc21. The van der Waals surface area contributed by atoms with E-state index in [1.165, 1.54) is 4.90 Å². The number of piperidine rings is 1. The molecule has 1 N–H and O–H groups in total. The average Bonchev–Trinajstić information content (AvgIpc) is 3.30. The molecule has 0 unspecified atom stereocenters. The average molecular weight is 580 g/mol. The number of morpholine rings is 1. The fourth-order valence-electron chi connectivity index (χ4n) is 5.62. The fourth-order valence-corrected chi connectivity index (χ4v) is 5.62. The first-order valence-electron chi connectivity index (χ1n) is 14.1. The maximum atomic E-state index is 14.3. The molecule has 41 heavy (non-hydrogen) atoms. The lowest BCUT2D eigenvalue weighted by molar-refractivity contribution is -0.142. The molecule has 0 saturated carbocycles. The van der Waals surface area contributed by atoms with Gasteiger partial charge in [0.1, 0.15) is 0 Å². The van der Waals surface area contributed by atoms with Crippen molar-refractivity contribution in [1.82, 2.24) is 24.3 Å². The number of likely N-dealkylation sites (tertiary alicyclic amines) is 1. The number of hydrogen-bond acceptors (Lipinski definition) is 6. The molecule has 2 aliphatic heterocycles. The molecule has 0 aliphatic carbocycles. The van der Waals surface area contributed by atoms with Crippen molar-refractivity contribution >= 4 is 28.9 Å². The molecule has 2 saturated heterocycles. The second-order valence-electron chi connectivity index (χ2n) is 11.1. The van der Waals surface area contributed by atoms with Crippen LogP contribution in [-0.4, -0.2) is 113 Å². The Balaban J connectivity index is 1.69. The highest BCUT2D eigenvalue weighted by Gasteiger charge is 2.41. The van der Waals surface area contributed by atoms with Crippen molar-refractivity contribution in [3.05, 3.63) is 29.6 Å². The zero-order chi connectivity index (χ0) is 29.7. The summed E-state index contributed by atoms with van der Waals surface area (Å²) in [7, 11) is 1.59. The van der Waals surface area contributed by atoms with E-state index in [1.54, 1.807) is 21.5 Å². The van der Waals surface area contributed by atoms with Gasteiger partial charge in [0.15, 0.2) is 17.5 Å². The highest BCUT2D eigenvalue weighted by molar-refractivity contribution is 5.95. The number of halogens is 2. The Hall–Kier alpha value is -3.32. The third-order valence-corrected chi connectivity index (χ3v) is 7.60. The number of ether oxygens (including phenoxy) is 2. The number of methoxy groups -OCH3 is 1. The van der Waals surface area contributed by atoms with Crippen LogP contribution in [0.2, 0.25) is 0 Å². The molecule has 226 valence electrons. The zero-order valence-electron chi connectivity index (χ0n) is 23.9. The summed E-state index contributed by atoms with van der Waals surface area (Å²) in [6.45, 7) is 6.78. The van der Waals surface area contributed by atoms with Gasteiger partial charge in [-0.15, -0.1) is 0 Å². The summed E-state index contributed by atoms with van der Waals surface area (Å²) in [5, 5.41) is 9.90. The minimum absolute atomic E-state index is 0.0157. The van der Waals surface area contributed by atoms with Gasteiger partial charge in [0.05, 0.1) is 36.2 Å². The number of carbonyl (C=O) groups excluding carboxylic acids is 2. The van der Waals surface area contributed by atoms with Crippen LogP contribution in [0.15, 0.2) is 12.1 Å². The van der Waals surface area contributed by atoms with Crippen LogP contribution in [-0.2, 0) is 20.8 Å². The summed E-state index contributed by atoms with van der Waals surface area (Å²) in [6, 6.07) is 1.42. The summed E-state index contributed by atoms with van der Waals surface area (Å²) >= 11 is 0. The van der Waals surface area contributed by atoms with Crippen LogP contribution in [0.1, 0.15) is 43.7 Å². The van der Waals surface area contributed by atoms with Gasteiger partial charge in [-0.1, -0.05) is 13.8 Å². The van der Waals surface area contributed by atoms with Gasteiger partial charge >= 0.3 is 6.09 Å². The van der Waals surface area contributed by atoms with E-state index in [-0.39, 0.29) is 49.2 Å². The lowest BCUT2D eigenvalue weighted by Gasteiger charge is -2.43. The number of unbranched alkanes of at least 4 members (excludes halogenated alkanes) is 1. The lowest BCUT2D eigenvalue weighted by Crippen LogP contribution is -2.58. The zero-order valence-corrected chi connectivity index (χ0v) is 23.9. The number of carbonyl (C=O) groups is 3. The van der Waals surface area contributed by atoms with Crippen molar-refractivity contribution < 1.29 is 37.7 Å². The van der Waals surface area contributed by atoms with Gasteiger partial charge in [-0.2, -0.15) is 0 Å². The van der Waals surface area contributed by atoms with Crippen molar-refractivity contribution in [2.24, 2.45) is 11.8 Å². The van der Waals surface area contributed by atoms with Gasteiger partial charge in [0.25, 0.3) is 5.91 Å². The number of fused-ring (bicyclic) bond motifs is 1. The predicted molar refractivity (Wildman–Crippen MR) is 146 cm³/mol. The highest BCUT2D eigenvalue weighted by atomic mass is 19.2. The largest absolute Gasteiger partial charge is 0.465 e. The number of amides is 3. The number of aryl methyl sites for hydroxylation is 1. The molecular weight excluding hydrogens is 540 g/mol. The molecule has 0 bridgehead atoms. The van der Waals surface area contributed by atoms with Crippen LogP contribution in [0.4, 0.5) is 13.6 Å². The maximum absolute atomic E-state index is 14.3. The van der Waals surface area contributed by atoms with Gasteiger partial charge < -0.3 is 33.8 Å². The number of rotatable bonds is 10. The van der Waals surface area contributed by atoms with E-state index in [0.717, 1.165) is 12.1 Å². The van der Waals surface area contributed by atoms with Crippen molar-refractivity contribution in [2.45, 2.75) is 45.7 Å². The van der Waals surface area contributed by atoms with Crippen LogP contribution in [0.5, 0.6) is 0 Å². The first-order valence-corrected chi connectivity index (χ1v) is 14.1. The Morgan fingerprint density at radius 2 is 1.83 bits per heavy atom. The van der Waals surface area contributed by atoms with Crippen LogP contribution >= 0.6 is 0 Å². The number of hydrogen-bond donors (Lipinski definition) is 1. The van der Waals surface area contributed by atoms with Crippen molar-refractivity contribution in [3.63, 3.8) is 0 Å². The van der Waals surface area contributed by atoms with E-state index in [2.05, 4.69) is 4.98 Å². The predicted octanol–water partition coefficient (Wildman–Crippen LogP) is 3.07. The number of imidazole rings is 1. The quantitative estimate of drug-likeness (QED) is 0.430. The summed E-state index contributed by atoms with van der Waals surface area (Å²) in [5.74, 6) is -3.32. The summed E-state index contributed by atoms with van der Waals surface area (Å²) in [4.78, 5) is 48.7. The van der Waals surface area contributed by atoms with Gasteiger partial charge in [-0.3, -0.25) is 9.59 Å². The first kappa shape index (κ1) is 30.6. The monoisotopic (exact) mass is 579 g/mol. The molecule has 0 radical (unpaired) electrons. The van der Waals surface area contributed by atoms with Gasteiger partial charge in [0.2, 0.25) is 5.91 Å². The molecule has 4 rings (SSSR count). The summed E-state index contributed by atoms with van der Waals surface area (Å²) in [5.41, 5.74) is 0.449. The van der Waals surface area contributed by atoms with Crippen LogP contribution < -0.4 is 0 Å². The highest BCUT2D eigenvalue weighted by Crippen LogP contribution is 2.28. The second kappa shape index (κ2) is 13.6. The second-order valence-corrected chi connectivity index (χ2v) is 11.1. The van der Waals surface area contributed by atoms with Crippen LogP contribution in [0.25, 0.3) is 11.0 Å². The number of aromatic nitrogens is 2. The standard InChI is InChI=1S/C28H39F2N5O6/c1-18(2)15-35(20-12-19(16-33(17-20)28(38)39)26(36)32-7-10-41-11-8-32)27(37)25-31-23-13-21(29)22(30)14-24(23)34(25)6-4-5-9-40-3/h13-14,18-20H,4-12,15-17H2,1-3H3,(H,38,39)/t19-,20+/m1/s1. The van der Waals surface area contributed by atoms with E-state index in [9.17, 15) is 28.3 Å². The molecule has 3 amide bonds. The van der Waals surface area contributed by atoms with Crippen LogP contribution in [0.3, 0.4) is 0 Å². The molecule has 2 fully saturated rings. The molecule has 3 heterocycles. The van der Waals surface area contributed by atoms with E-state index in [0.29, 0.717) is 57.8 Å². The van der Waals surface area contributed by atoms with E-state index in [1.807, 2.05) is 13.8 Å². The normalized spacial score (nSPS) is 19.7. The third kappa shape index (κ3) is 7.13. The minimum atomic E-state index is -1.16. The first-order chi connectivity index (χ1) is 19.6. The molecule has 11 nitrogen and oxygen atoms in total. The number of benzene rings is 1. The van der Waals surface area contributed by atoms with E-state index >= 15 is 0 Å². The van der Waals surface area contributed by atoms with Gasteiger partial charge in [-0.05, 0) is 25.2 Å². The number of carboxylic acid groups (broad SMARTS) is 1. The third-order valence-electron chi connectivity index (χ3n) is 7.60. The Bertz CT molecular complexity index is 1250. The maximum Gasteiger partial charge on any atom is 0.407 e. The lowest BCUT2D eigenvalue weighted by atomic mass is 9.91.